The van der Waals surface area contributed by atoms with E-state index in [-0.39, 0.29) is 5.41 Å². The Labute approximate surface area is 127 Å². The van der Waals surface area contributed by atoms with Gasteiger partial charge in [-0.25, -0.2) is 15.8 Å². The number of nitrogen functional groups attached to an aromatic ring is 1. The molecular formula is C15H27N5O. The molecule has 2 rings (SSSR count). The van der Waals surface area contributed by atoms with Crippen LogP contribution in [0, 0.1) is 6.92 Å². The average molecular weight is 293 g/mol. The second-order valence-electron chi connectivity index (χ2n) is 6.66. The van der Waals surface area contributed by atoms with Crippen molar-refractivity contribution >= 4 is 11.6 Å². The number of nitrogens with zero attached hydrogens (tertiary/aromatic N) is 3. The lowest BCUT2D eigenvalue weighted by Gasteiger charge is -2.34. The highest BCUT2D eigenvalue weighted by Crippen LogP contribution is 2.29. The number of ether oxygens (including phenoxy) is 1. The molecule has 0 spiro atoms. The van der Waals surface area contributed by atoms with Gasteiger partial charge in [-0.2, -0.15) is 0 Å². The fourth-order valence-electron chi connectivity index (χ4n) is 2.59. The molecule has 0 bridgehead atoms. The Kier molecular flexibility index (Phi) is 4.68. The van der Waals surface area contributed by atoms with E-state index in [0.717, 1.165) is 43.1 Å². The Hall–Kier alpha value is -1.40. The van der Waals surface area contributed by atoms with Crippen LogP contribution in [-0.4, -0.2) is 36.3 Å². The summed E-state index contributed by atoms with van der Waals surface area (Å²) in [4.78, 5) is 11.7. The van der Waals surface area contributed by atoms with Crippen LogP contribution in [0.4, 0.5) is 11.6 Å². The van der Waals surface area contributed by atoms with E-state index in [1.165, 1.54) is 0 Å². The molecule has 0 radical (unpaired) electrons. The summed E-state index contributed by atoms with van der Waals surface area (Å²) in [6, 6.07) is 0. The third kappa shape index (κ3) is 3.44. The Bertz CT molecular complexity index is 490. The van der Waals surface area contributed by atoms with Crippen molar-refractivity contribution < 1.29 is 4.74 Å². The number of hydrogen-bond acceptors (Lipinski definition) is 6. The largest absolute Gasteiger partial charge is 0.381 e. The molecule has 0 atom stereocenters. The highest BCUT2D eigenvalue weighted by molar-refractivity contribution is 5.58. The molecule has 1 aliphatic rings. The van der Waals surface area contributed by atoms with Gasteiger partial charge < -0.3 is 15.1 Å². The first-order valence-corrected chi connectivity index (χ1v) is 7.50. The highest BCUT2D eigenvalue weighted by Gasteiger charge is 2.26. The predicted molar refractivity (Wildman–Crippen MR) is 85.5 cm³/mol. The van der Waals surface area contributed by atoms with Crippen LogP contribution in [0.2, 0.25) is 0 Å². The first kappa shape index (κ1) is 16.0. The number of hydrazine groups is 1. The molecule has 0 amide bonds. The molecule has 3 N–H and O–H groups in total. The summed E-state index contributed by atoms with van der Waals surface area (Å²) in [6.07, 6.45) is 2.41. The number of nitrogens with two attached hydrogens (primary N) is 1. The van der Waals surface area contributed by atoms with Crippen molar-refractivity contribution in [3.05, 3.63) is 11.4 Å². The van der Waals surface area contributed by atoms with E-state index < -0.39 is 0 Å². The normalized spacial score (nSPS) is 17.1. The molecule has 0 unspecified atom stereocenters. The van der Waals surface area contributed by atoms with Crippen LogP contribution in [0.15, 0.2) is 0 Å². The number of piperidine rings is 1. The minimum Gasteiger partial charge on any atom is -0.381 e. The van der Waals surface area contributed by atoms with Crippen molar-refractivity contribution in [1.29, 1.82) is 0 Å². The number of aromatic nitrogens is 2. The van der Waals surface area contributed by atoms with E-state index in [0.29, 0.717) is 11.9 Å². The summed E-state index contributed by atoms with van der Waals surface area (Å²) in [6.45, 7) is 10.2. The van der Waals surface area contributed by atoms with Gasteiger partial charge in [0.25, 0.3) is 0 Å². The lowest BCUT2D eigenvalue weighted by Crippen LogP contribution is -2.38. The average Bonchev–Trinajstić information content (AvgIpc) is 2.46. The van der Waals surface area contributed by atoms with Gasteiger partial charge in [-0.15, -0.1) is 0 Å². The molecule has 1 aromatic heterocycles. The Morgan fingerprint density at radius 3 is 2.33 bits per heavy atom. The number of nitrogens with one attached hydrogen (secondary N) is 1. The summed E-state index contributed by atoms with van der Waals surface area (Å²) in [5, 5.41) is 0. The molecule has 6 nitrogen and oxygen atoms in total. The summed E-state index contributed by atoms with van der Waals surface area (Å²) in [5.74, 6) is 8.13. The zero-order valence-corrected chi connectivity index (χ0v) is 13.7. The van der Waals surface area contributed by atoms with Crippen molar-refractivity contribution in [3.63, 3.8) is 0 Å². The van der Waals surface area contributed by atoms with E-state index in [4.69, 9.17) is 15.6 Å². The molecule has 0 saturated carbocycles. The van der Waals surface area contributed by atoms with E-state index >= 15 is 0 Å². The van der Waals surface area contributed by atoms with Crippen LogP contribution < -0.4 is 16.2 Å². The van der Waals surface area contributed by atoms with Crippen LogP contribution in [-0.2, 0) is 10.2 Å². The molecule has 0 aliphatic carbocycles. The molecule has 1 aliphatic heterocycles. The first-order chi connectivity index (χ1) is 9.86. The zero-order chi connectivity index (χ0) is 15.6. The van der Waals surface area contributed by atoms with E-state index in [1.807, 2.05) is 6.92 Å². The molecule has 2 heterocycles. The third-order valence-electron chi connectivity index (χ3n) is 4.00. The van der Waals surface area contributed by atoms with Gasteiger partial charge >= 0.3 is 0 Å². The van der Waals surface area contributed by atoms with Crippen molar-refractivity contribution in [1.82, 2.24) is 9.97 Å². The second kappa shape index (κ2) is 6.15. The van der Waals surface area contributed by atoms with Gasteiger partial charge in [-0.1, -0.05) is 20.8 Å². The number of anilines is 2. The molecule has 0 aromatic carbocycles. The SMILES string of the molecule is COC1CCN(c2nc(C(C)(C)C)nc(NN)c2C)CC1. The molecule has 118 valence electrons. The van der Waals surface area contributed by atoms with E-state index in [9.17, 15) is 0 Å². The maximum absolute atomic E-state index is 5.63. The Morgan fingerprint density at radius 1 is 1.24 bits per heavy atom. The molecule has 1 aromatic rings. The van der Waals surface area contributed by atoms with Gasteiger partial charge in [0.2, 0.25) is 0 Å². The first-order valence-electron chi connectivity index (χ1n) is 7.50. The van der Waals surface area contributed by atoms with Crippen LogP contribution in [0.1, 0.15) is 45.0 Å². The summed E-state index contributed by atoms with van der Waals surface area (Å²) < 4.78 is 5.44. The third-order valence-corrected chi connectivity index (χ3v) is 4.00. The van der Waals surface area contributed by atoms with Crippen LogP contribution >= 0.6 is 0 Å². The quantitative estimate of drug-likeness (QED) is 0.655. The Morgan fingerprint density at radius 2 is 1.86 bits per heavy atom. The lowest BCUT2D eigenvalue weighted by atomic mass is 9.95. The molecule has 6 heteroatoms. The van der Waals surface area contributed by atoms with Crippen LogP contribution in [0.3, 0.4) is 0 Å². The summed E-state index contributed by atoms with van der Waals surface area (Å²) in [7, 11) is 1.78. The summed E-state index contributed by atoms with van der Waals surface area (Å²) in [5.41, 5.74) is 3.59. The van der Waals surface area contributed by atoms with E-state index in [1.54, 1.807) is 7.11 Å². The van der Waals surface area contributed by atoms with Gasteiger partial charge in [0.15, 0.2) is 0 Å². The van der Waals surface area contributed by atoms with Gasteiger partial charge in [-0.3, -0.25) is 0 Å². The van der Waals surface area contributed by atoms with E-state index in [2.05, 4.69) is 36.1 Å². The van der Waals surface area contributed by atoms with Crippen molar-refractivity contribution in [2.45, 2.75) is 52.1 Å². The smallest absolute Gasteiger partial charge is 0.148 e. The second-order valence-corrected chi connectivity index (χ2v) is 6.66. The molecule has 21 heavy (non-hydrogen) atoms. The molecule has 1 saturated heterocycles. The number of rotatable bonds is 3. The van der Waals surface area contributed by atoms with Crippen LogP contribution in [0.25, 0.3) is 0 Å². The minimum absolute atomic E-state index is 0.112. The fourth-order valence-corrected chi connectivity index (χ4v) is 2.59. The van der Waals surface area contributed by atoms with Gasteiger partial charge in [0, 0.05) is 31.2 Å². The minimum atomic E-state index is -0.112. The van der Waals surface area contributed by atoms with Crippen LogP contribution in [0.5, 0.6) is 0 Å². The van der Waals surface area contributed by atoms with Gasteiger partial charge in [-0.05, 0) is 19.8 Å². The number of methoxy groups -OCH3 is 1. The monoisotopic (exact) mass is 293 g/mol. The van der Waals surface area contributed by atoms with Gasteiger partial charge in [0.05, 0.1) is 6.10 Å². The Balaban J connectivity index is 2.34. The maximum Gasteiger partial charge on any atom is 0.148 e. The highest BCUT2D eigenvalue weighted by atomic mass is 16.5. The van der Waals surface area contributed by atoms with Crippen molar-refractivity contribution in [2.75, 3.05) is 30.5 Å². The van der Waals surface area contributed by atoms with Gasteiger partial charge in [0.1, 0.15) is 17.5 Å². The van der Waals surface area contributed by atoms with Crippen molar-refractivity contribution in [2.24, 2.45) is 5.84 Å². The molecular weight excluding hydrogens is 266 g/mol. The fraction of sp³-hybridized carbons (Fsp3) is 0.733. The molecule has 1 fully saturated rings. The standard InChI is InChI=1S/C15H27N5O/c1-10-12(19-16)17-14(15(2,3)4)18-13(10)20-8-6-11(21-5)7-9-20/h11H,6-9,16H2,1-5H3,(H,17,18,19). The lowest BCUT2D eigenvalue weighted by molar-refractivity contribution is 0.0817. The zero-order valence-electron chi connectivity index (χ0n) is 13.7. The van der Waals surface area contributed by atoms with Crippen molar-refractivity contribution in [3.8, 4) is 0 Å². The number of hydrogen-bond donors (Lipinski definition) is 2. The summed E-state index contributed by atoms with van der Waals surface area (Å²) >= 11 is 0. The topological polar surface area (TPSA) is 76.3 Å². The maximum atomic E-state index is 5.63. The predicted octanol–water partition coefficient (Wildman–Crippen LogP) is 1.98.